The molecule has 1 aliphatic rings. The predicted molar refractivity (Wildman–Crippen MR) is 141 cm³/mol. The van der Waals surface area contributed by atoms with E-state index in [0.29, 0.717) is 23.9 Å². The van der Waals surface area contributed by atoms with Gasteiger partial charge in [-0.2, -0.15) is 0 Å². The molecule has 4 aromatic rings. The highest BCUT2D eigenvalue weighted by molar-refractivity contribution is 5.91. The van der Waals surface area contributed by atoms with Gasteiger partial charge < -0.3 is 33.2 Å². The lowest BCUT2D eigenvalue weighted by Gasteiger charge is -2.32. The second-order valence-electron chi connectivity index (χ2n) is 9.34. The smallest absolute Gasteiger partial charge is 0.205 e. The van der Waals surface area contributed by atoms with Gasteiger partial charge in [0.25, 0.3) is 0 Å². The van der Waals surface area contributed by atoms with Crippen LogP contribution in [0.15, 0.2) is 74.5 Å². The van der Waals surface area contributed by atoms with Crippen LogP contribution in [0.2, 0.25) is 0 Å². The molecule has 0 saturated carbocycles. The lowest BCUT2D eigenvalue weighted by atomic mass is 10.1. The summed E-state index contributed by atoms with van der Waals surface area (Å²) in [5.74, 6) is 1.38. The number of ether oxygens (including phenoxy) is 2. The van der Waals surface area contributed by atoms with Crippen LogP contribution in [0.1, 0.15) is 18.6 Å². The maximum absolute atomic E-state index is 13.0. The fourth-order valence-electron chi connectivity index (χ4n) is 4.49. The first-order valence-corrected chi connectivity index (χ1v) is 12.7. The number of hydrogen-bond acceptors (Lipinski definition) is 8. The van der Waals surface area contributed by atoms with Crippen LogP contribution in [0.25, 0.3) is 22.3 Å². The zero-order chi connectivity index (χ0) is 25.6. The van der Waals surface area contributed by atoms with Crippen molar-refractivity contribution in [1.29, 1.82) is 0 Å². The second kappa shape index (κ2) is 11.5. The quantitative estimate of drug-likeness (QED) is 0.310. The molecule has 194 valence electrons. The normalized spacial score (nSPS) is 14.7. The summed E-state index contributed by atoms with van der Waals surface area (Å²) in [6, 6.07) is 15.7. The molecule has 3 heterocycles. The topological polar surface area (TPSA) is 88.5 Å². The minimum atomic E-state index is -0.352. The third kappa shape index (κ3) is 5.98. The van der Waals surface area contributed by atoms with Gasteiger partial charge >= 0.3 is 0 Å². The van der Waals surface area contributed by atoms with Crippen LogP contribution in [-0.4, -0.2) is 61.3 Å². The molecule has 0 atom stereocenters. The first-order valence-electron chi connectivity index (χ1n) is 12.7. The van der Waals surface area contributed by atoms with Gasteiger partial charge in [0.2, 0.25) is 5.75 Å². The fourth-order valence-corrected chi connectivity index (χ4v) is 4.49. The van der Waals surface area contributed by atoms with Crippen molar-refractivity contribution >= 4 is 11.0 Å². The van der Waals surface area contributed by atoms with Gasteiger partial charge in [-0.1, -0.05) is 30.3 Å². The van der Waals surface area contributed by atoms with Crippen molar-refractivity contribution in [2.24, 2.45) is 0 Å². The van der Waals surface area contributed by atoms with Crippen LogP contribution in [0.4, 0.5) is 0 Å². The summed E-state index contributed by atoms with van der Waals surface area (Å²) in [7, 11) is 2.15. The Morgan fingerprint density at radius 2 is 1.78 bits per heavy atom. The molecule has 8 heteroatoms. The number of benzene rings is 2. The molecule has 8 nitrogen and oxygen atoms in total. The number of fused-ring (bicyclic) bond motifs is 1. The highest BCUT2D eigenvalue weighted by Crippen LogP contribution is 2.41. The van der Waals surface area contributed by atoms with E-state index in [9.17, 15) is 9.90 Å². The van der Waals surface area contributed by atoms with Gasteiger partial charge in [-0.05, 0) is 38.6 Å². The van der Waals surface area contributed by atoms with Gasteiger partial charge in [-0.15, -0.1) is 0 Å². The van der Waals surface area contributed by atoms with Crippen LogP contribution < -0.4 is 14.9 Å². The molecule has 1 N–H and O–H groups in total. The third-order valence-electron chi connectivity index (χ3n) is 6.62. The third-order valence-corrected chi connectivity index (χ3v) is 6.62. The van der Waals surface area contributed by atoms with Crippen molar-refractivity contribution in [3.63, 3.8) is 0 Å². The summed E-state index contributed by atoms with van der Waals surface area (Å²) < 4.78 is 23.7. The summed E-state index contributed by atoms with van der Waals surface area (Å²) >= 11 is 0. The average molecular weight is 505 g/mol. The van der Waals surface area contributed by atoms with E-state index in [4.69, 9.17) is 18.3 Å². The SMILES string of the molecule is CN1CCN(CCCCOc2c(OCc3ccco3)cc(O)c3c(=O)cc(-c4ccccc4)oc23)CC1. The summed E-state index contributed by atoms with van der Waals surface area (Å²) in [6.45, 7) is 5.92. The number of rotatable bonds is 10. The molecule has 0 bridgehead atoms. The highest BCUT2D eigenvalue weighted by atomic mass is 16.5. The molecule has 2 aromatic heterocycles. The van der Waals surface area contributed by atoms with Crippen molar-refractivity contribution in [3.05, 3.63) is 76.8 Å². The number of likely N-dealkylation sites (N-methyl/N-ethyl adjacent to an activating group) is 1. The molecular formula is C29H32N2O6. The molecule has 0 radical (unpaired) electrons. The van der Waals surface area contributed by atoms with Crippen molar-refractivity contribution in [2.75, 3.05) is 46.4 Å². The molecule has 37 heavy (non-hydrogen) atoms. The van der Waals surface area contributed by atoms with Crippen LogP contribution >= 0.6 is 0 Å². The number of phenols is 1. The number of unbranched alkanes of at least 4 members (excludes halogenated alkanes) is 1. The maximum Gasteiger partial charge on any atom is 0.205 e. The molecule has 0 amide bonds. The Labute approximate surface area is 215 Å². The molecule has 0 aliphatic carbocycles. The Kier molecular flexibility index (Phi) is 7.77. The zero-order valence-corrected chi connectivity index (χ0v) is 21.0. The number of phenolic OH excluding ortho intramolecular Hbond substituents is 1. The standard InChI is InChI=1S/C29H32N2O6/c1-30-12-14-31(15-13-30)11-5-6-16-35-28-26(36-20-22-10-7-17-34-22)19-24(33)27-23(32)18-25(37-29(27)28)21-8-3-2-4-9-21/h2-4,7-10,17-19,33H,5-6,11-16,20H2,1H3. The van der Waals surface area contributed by atoms with Gasteiger partial charge in [-0.3, -0.25) is 4.79 Å². The van der Waals surface area contributed by atoms with E-state index in [-0.39, 0.29) is 34.5 Å². The number of piperazine rings is 1. The summed E-state index contributed by atoms with van der Waals surface area (Å²) in [4.78, 5) is 17.9. The van der Waals surface area contributed by atoms with Crippen molar-refractivity contribution in [3.8, 4) is 28.6 Å². The van der Waals surface area contributed by atoms with E-state index >= 15 is 0 Å². The Balaban J connectivity index is 1.40. The Morgan fingerprint density at radius 1 is 0.973 bits per heavy atom. The number of hydrogen-bond donors (Lipinski definition) is 1. The highest BCUT2D eigenvalue weighted by Gasteiger charge is 2.21. The molecule has 2 aromatic carbocycles. The molecule has 1 saturated heterocycles. The largest absolute Gasteiger partial charge is 0.507 e. The van der Waals surface area contributed by atoms with E-state index in [1.54, 1.807) is 18.4 Å². The van der Waals surface area contributed by atoms with E-state index in [1.807, 2.05) is 30.3 Å². The fraction of sp³-hybridized carbons (Fsp3) is 0.345. The monoisotopic (exact) mass is 504 g/mol. The summed E-state index contributed by atoms with van der Waals surface area (Å²) in [6.07, 6.45) is 3.38. The number of furan rings is 1. The van der Waals surface area contributed by atoms with E-state index < -0.39 is 0 Å². The summed E-state index contributed by atoms with van der Waals surface area (Å²) in [5.41, 5.74) is 0.566. The zero-order valence-electron chi connectivity index (χ0n) is 21.0. The van der Waals surface area contributed by atoms with Crippen LogP contribution in [0, 0.1) is 0 Å². The van der Waals surface area contributed by atoms with Crippen molar-refractivity contribution in [1.82, 2.24) is 9.80 Å². The van der Waals surface area contributed by atoms with Crippen LogP contribution in [0.5, 0.6) is 17.2 Å². The van der Waals surface area contributed by atoms with Gasteiger partial charge in [0.05, 0.1) is 12.9 Å². The first kappa shape index (κ1) is 24.9. The minimum absolute atomic E-state index is 0.0671. The van der Waals surface area contributed by atoms with Crippen molar-refractivity contribution < 1.29 is 23.4 Å². The maximum atomic E-state index is 13.0. The van der Waals surface area contributed by atoms with E-state index in [1.165, 1.54) is 12.1 Å². The summed E-state index contributed by atoms with van der Waals surface area (Å²) in [5, 5.41) is 10.8. The van der Waals surface area contributed by atoms with E-state index in [0.717, 1.165) is 51.1 Å². The van der Waals surface area contributed by atoms with Gasteiger partial charge in [0.1, 0.15) is 29.3 Å². The Bertz CT molecular complexity index is 1360. The lowest BCUT2D eigenvalue weighted by Crippen LogP contribution is -2.44. The Morgan fingerprint density at radius 3 is 2.54 bits per heavy atom. The molecule has 0 unspecified atom stereocenters. The molecule has 1 fully saturated rings. The van der Waals surface area contributed by atoms with Gasteiger partial charge in [0, 0.05) is 43.9 Å². The molecule has 0 spiro atoms. The van der Waals surface area contributed by atoms with Crippen LogP contribution in [-0.2, 0) is 6.61 Å². The first-order chi connectivity index (χ1) is 18.1. The van der Waals surface area contributed by atoms with E-state index in [2.05, 4.69) is 16.8 Å². The average Bonchev–Trinajstić information content (AvgIpc) is 3.43. The second-order valence-corrected chi connectivity index (χ2v) is 9.34. The van der Waals surface area contributed by atoms with Gasteiger partial charge in [-0.25, -0.2) is 0 Å². The minimum Gasteiger partial charge on any atom is -0.507 e. The van der Waals surface area contributed by atoms with Crippen LogP contribution in [0.3, 0.4) is 0 Å². The Hall–Kier alpha value is -3.75. The molecule has 1 aliphatic heterocycles. The predicted octanol–water partition coefficient (Wildman–Crippen LogP) is 4.74. The number of nitrogens with zero attached hydrogens (tertiary/aromatic N) is 2. The van der Waals surface area contributed by atoms with Crippen molar-refractivity contribution in [2.45, 2.75) is 19.4 Å². The van der Waals surface area contributed by atoms with Gasteiger partial charge in [0.15, 0.2) is 16.8 Å². The number of aromatic hydroxyl groups is 1. The molecular weight excluding hydrogens is 472 g/mol. The molecule has 5 rings (SSSR count). The lowest BCUT2D eigenvalue weighted by molar-refractivity contribution is 0.149.